The highest BCUT2D eigenvalue weighted by Gasteiger charge is 2.75. The molecule has 0 amide bonds. The van der Waals surface area contributed by atoms with Crippen molar-refractivity contribution in [1.29, 1.82) is 0 Å². The van der Waals surface area contributed by atoms with Crippen molar-refractivity contribution >= 4 is 17.3 Å². The molecule has 1 saturated heterocycles. The second kappa shape index (κ2) is 17.1. The molecule has 0 radical (unpaired) electrons. The lowest BCUT2D eigenvalue weighted by molar-refractivity contribution is -0.201. The number of nitrogens with one attached hydrogen (secondary N) is 2. The van der Waals surface area contributed by atoms with Crippen molar-refractivity contribution < 1.29 is 29.6 Å². The highest BCUT2D eigenvalue weighted by Crippen LogP contribution is 2.78. The molecule has 14 unspecified atom stereocenters. The smallest absolute Gasteiger partial charge is 0.160 e. The van der Waals surface area contributed by atoms with E-state index >= 15 is 9.59 Å². The molecule has 9 heteroatoms. The van der Waals surface area contributed by atoms with Crippen molar-refractivity contribution in [3.8, 4) is 5.75 Å². The molecule has 0 aromatic heterocycles. The first-order valence-electron chi connectivity index (χ1n) is 26.8. The van der Waals surface area contributed by atoms with Crippen LogP contribution in [0.2, 0.25) is 0 Å². The monoisotopic (exact) mass is 918 g/mol. The van der Waals surface area contributed by atoms with Crippen LogP contribution < -0.4 is 16.4 Å². The molecule has 7 aliphatic carbocycles. The van der Waals surface area contributed by atoms with E-state index in [0.29, 0.717) is 62.3 Å². The first-order chi connectivity index (χ1) is 31.8. The zero-order valence-corrected chi connectivity index (χ0v) is 41.9. The van der Waals surface area contributed by atoms with Gasteiger partial charge in [-0.3, -0.25) is 9.59 Å². The standard InChI is InChI=1S/C58H83N3O6/c1-34(62)31-61-45-29-55(5)48-21-20-44-49(42(36-14-9-8-10-15-36)28-46(64)51-56(6,67-51)43-19-12-18-41(43)37-16-11-17-39(59)26-37)47(65)30-58(44,55)23-13-22-57(38-24-35(32-60-7)25-40(63)27-38)33-54(48,4)50(45)53(2,3)52(57)66/h11,16-17,24-27,34,36,41-43,45-46,48,50-51,60-64H,8-10,12-15,18-23,28-33,59H2,1-7H3. The van der Waals surface area contributed by atoms with E-state index < -0.39 is 28.6 Å². The molecule has 5 bridgehead atoms. The third-order valence-electron chi connectivity index (χ3n) is 21.0. The van der Waals surface area contributed by atoms with Crippen LogP contribution in [0, 0.1) is 51.2 Å². The van der Waals surface area contributed by atoms with Crippen molar-refractivity contribution in [3.05, 3.63) is 70.3 Å². The average Bonchev–Trinajstić information content (AvgIpc) is 3.56. The highest BCUT2D eigenvalue weighted by atomic mass is 16.6. The maximum Gasteiger partial charge on any atom is 0.160 e. The molecule has 6 saturated carbocycles. The fourth-order valence-corrected chi connectivity index (χ4v) is 18.8. The lowest BCUT2D eigenvalue weighted by atomic mass is 9.33. The van der Waals surface area contributed by atoms with Gasteiger partial charge in [0.1, 0.15) is 17.6 Å². The van der Waals surface area contributed by atoms with E-state index in [1.54, 1.807) is 0 Å². The first kappa shape index (κ1) is 47.6. The number of phenolic OH excluding ortho intramolecular Hbond substituents is 1. The summed E-state index contributed by atoms with van der Waals surface area (Å²) in [7, 11) is 1.92. The van der Waals surface area contributed by atoms with Gasteiger partial charge in [0.25, 0.3) is 0 Å². The number of allylic oxidation sites excluding steroid dienone is 2. The van der Waals surface area contributed by atoms with Crippen LogP contribution >= 0.6 is 0 Å². The van der Waals surface area contributed by atoms with E-state index in [2.05, 4.69) is 69.5 Å². The number of ketones is 2. The van der Waals surface area contributed by atoms with Gasteiger partial charge in [0.2, 0.25) is 0 Å². The van der Waals surface area contributed by atoms with Gasteiger partial charge in [-0.05, 0) is 184 Å². The molecular weight excluding hydrogens is 835 g/mol. The predicted octanol–water partition coefficient (Wildman–Crippen LogP) is 9.84. The molecule has 7 fully saturated rings. The number of fused-ring (bicyclic) bond motifs is 1. The van der Waals surface area contributed by atoms with Gasteiger partial charge >= 0.3 is 0 Å². The Morgan fingerprint density at radius 3 is 2.42 bits per heavy atom. The topological polar surface area (TPSA) is 157 Å². The lowest BCUT2D eigenvalue weighted by Gasteiger charge is -2.71. The number of nitrogen functional groups attached to an aromatic ring is 1. The third kappa shape index (κ3) is 7.38. The van der Waals surface area contributed by atoms with Crippen LogP contribution in [-0.2, 0) is 26.3 Å². The van der Waals surface area contributed by atoms with E-state index in [0.717, 1.165) is 99.4 Å². The maximum atomic E-state index is 15.8. The Kier molecular flexibility index (Phi) is 12.1. The van der Waals surface area contributed by atoms with Crippen molar-refractivity contribution in [1.82, 2.24) is 10.6 Å². The first-order valence-corrected chi connectivity index (χ1v) is 26.8. The summed E-state index contributed by atoms with van der Waals surface area (Å²) in [6, 6.07) is 14.2. The molecule has 1 spiro atoms. The average molecular weight is 918 g/mol. The van der Waals surface area contributed by atoms with E-state index in [1.165, 1.54) is 17.6 Å². The van der Waals surface area contributed by atoms with Crippen LogP contribution in [0.1, 0.15) is 173 Å². The molecule has 7 N–H and O–H groups in total. The summed E-state index contributed by atoms with van der Waals surface area (Å²) in [5.41, 5.74) is 9.86. The Labute approximate surface area is 401 Å². The number of hydrogen-bond donors (Lipinski definition) is 6. The molecule has 2 aromatic carbocycles. The summed E-state index contributed by atoms with van der Waals surface area (Å²) in [4.78, 5) is 31.4. The normalized spacial score (nSPS) is 40.5. The number of rotatable bonds is 13. The predicted molar refractivity (Wildman–Crippen MR) is 264 cm³/mol. The Bertz CT molecular complexity index is 2280. The number of Topliss-reactive ketones (excluding diaryl/α,β-unsaturated/α-hetero) is 2. The third-order valence-corrected chi connectivity index (χ3v) is 21.0. The lowest BCUT2D eigenvalue weighted by Crippen LogP contribution is -2.72. The number of nitrogens with two attached hydrogens (primary N) is 1. The number of benzene rings is 2. The van der Waals surface area contributed by atoms with Crippen molar-refractivity contribution in [2.24, 2.45) is 51.2 Å². The number of aliphatic hydroxyl groups excluding tert-OH is 2. The summed E-state index contributed by atoms with van der Waals surface area (Å²) in [6.07, 6.45) is 14.3. The van der Waals surface area contributed by atoms with E-state index in [-0.39, 0.29) is 57.7 Å². The zero-order chi connectivity index (χ0) is 47.5. The van der Waals surface area contributed by atoms with Crippen LogP contribution in [0.15, 0.2) is 53.6 Å². The molecule has 9 nitrogen and oxygen atoms in total. The van der Waals surface area contributed by atoms with Gasteiger partial charge in [-0.2, -0.15) is 0 Å². The highest BCUT2D eigenvalue weighted by molar-refractivity contribution is 6.01. The number of aliphatic hydroxyl groups is 2. The molecule has 67 heavy (non-hydrogen) atoms. The van der Waals surface area contributed by atoms with Crippen LogP contribution in [0.5, 0.6) is 5.75 Å². The molecule has 10 rings (SSSR count). The second-order valence-corrected chi connectivity index (χ2v) is 25.1. The number of ether oxygens (including phenoxy) is 1. The fraction of sp³-hybridized carbons (Fsp3) is 0.724. The van der Waals surface area contributed by atoms with E-state index in [4.69, 9.17) is 10.5 Å². The largest absolute Gasteiger partial charge is 0.508 e. The van der Waals surface area contributed by atoms with E-state index in [9.17, 15) is 15.3 Å². The fourth-order valence-electron chi connectivity index (χ4n) is 18.8. The Hall–Kier alpha value is -3.08. The minimum Gasteiger partial charge on any atom is -0.508 e. The zero-order valence-electron chi connectivity index (χ0n) is 41.9. The van der Waals surface area contributed by atoms with Crippen molar-refractivity contribution in [3.63, 3.8) is 0 Å². The van der Waals surface area contributed by atoms with Gasteiger partial charge in [-0.15, -0.1) is 0 Å². The second-order valence-electron chi connectivity index (χ2n) is 25.1. The quantitative estimate of drug-likeness (QED) is 0.0851. The number of hydrogen-bond acceptors (Lipinski definition) is 9. The number of carbonyl (C=O) groups is 2. The van der Waals surface area contributed by atoms with E-state index in [1.807, 2.05) is 32.2 Å². The minimum atomic E-state index is -0.802. The number of phenols is 1. The van der Waals surface area contributed by atoms with Crippen molar-refractivity contribution in [2.75, 3.05) is 19.3 Å². The van der Waals surface area contributed by atoms with Crippen LogP contribution in [0.4, 0.5) is 5.69 Å². The van der Waals surface area contributed by atoms with Gasteiger partial charge in [0, 0.05) is 42.1 Å². The van der Waals surface area contributed by atoms with Gasteiger partial charge in [-0.1, -0.05) is 83.6 Å². The molecular formula is C58H83N3O6. The van der Waals surface area contributed by atoms with Gasteiger partial charge in [0.05, 0.1) is 23.2 Å². The minimum absolute atomic E-state index is 0.0143. The van der Waals surface area contributed by atoms with Crippen molar-refractivity contribution in [2.45, 2.75) is 199 Å². The Morgan fingerprint density at radius 1 is 0.910 bits per heavy atom. The maximum absolute atomic E-state index is 15.8. The Morgan fingerprint density at radius 2 is 1.69 bits per heavy atom. The molecule has 2 aromatic rings. The molecule has 366 valence electrons. The number of carbonyl (C=O) groups excluding carboxylic acids is 2. The Balaban J connectivity index is 1.06. The number of anilines is 1. The molecule has 1 heterocycles. The summed E-state index contributed by atoms with van der Waals surface area (Å²) in [5, 5.41) is 41.9. The summed E-state index contributed by atoms with van der Waals surface area (Å²) in [6.45, 7) is 14.5. The van der Waals surface area contributed by atoms with Crippen LogP contribution in [0.25, 0.3) is 0 Å². The summed E-state index contributed by atoms with van der Waals surface area (Å²) in [5.74, 6) is 2.00. The van der Waals surface area contributed by atoms with Crippen LogP contribution in [-0.4, -0.2) is 70.4 Å². The molecule has 1 aliphatic heterocycles. The van der Waals surface area contributed by atoms with Crippen LogP contribution in [0.3, 0.4) is 0 Å². The molecule has 8 aliphatic rings. The van der Waals surface area contributed by atoms with Gasteiger partial charge in [0.15, 0.2) is 5.78 Å². The van der Waals surface area contributed by atoms with Gasteiger partial charge in [-0.25, -0.2) is 0 Å². The molecule has 14 atom stereocenters. The summed E-state index contributed by atoms with van der Waals surface area (Å²) >= 11 is 0. The number of epoxide rings is 1. The summed E-state index contributed by atoms with van der Waals surface area (Å²) < 4.78 is 6.73. The van der Waals surface area contributed by atoms with Gasteiger partial charge < -0.3 is 36.4 Å². The number of aromatic hydroxyl groups is 1. The SMILES string of the molecule is CNCc1cc(O)cc(C23CCCC45CC(=O)C(C(CC(O)C6OC6(C)C6CCCC6c6cccc(N)c6)C6CCCCC6)=C4CCC4C(C)(C2)C(C(NCC(C)O)CC45C)C(C)(C)C3=O)c1.